The van der Waals surface area contributed by atoms with Gasteiger partial charge < -0.3 is 9.47 Å². The number of ether oxygens (including phenoxy) is 2. The molecule has 1 heterocycles. The maximum absolute atomic E-state index is 5.43. The molecule has 0 unspecified atom stereocenters. The first-order chi connectivity index (χ1) is 7.36. The van der Waals surface area contributed by atoms with Gasteiger partial charge in [0.05, 0.1) is 6.61 Å². The highest BCUT2D eigenvalue weighted by Crippen LogP contribution is 2.16. The van der Waals surface area contributed by atoms with Crippen molar-refractivity contribution in [3.63, 3.8) is 0 Å². The monoisotopic (exact) mass is 204 g/mol. The Labute approximate surface area is 90.5 Å². The SMILES string of the molecule is C=C1OCCCCc2ccccc2CO1. The minimum absolute atomic E-state index is 0.437. The second-order valence-corrected chi connectivity index (χ2v) is 3.73. The Kier molecular flexibility index (Phi) is 3.28. The van der Waals surface area contributed by atoms with E-state index in [1.54, 1.807) is 0 Å². The van der Waals surface area contributed by atoms with Crippen molar-refractivity contribution in [3.05, 3.63) is 47.9 Å². The van der Waals surface area contributed by atoms with Crippen LogP contribution in [0.1, 0.15) is 24.0 Å². The highest BCUT2D eigenvalue weighted by Gasteiger charge is 2.06. The molecule has 2 heteroatoms. The van der Waals surface area contributed by atoms with Crippen LogP contribution in [0.2, 0.25) is 0 Å². The first-order valence-electron chi connectivity index (χ1n) is 5.37. The van der Waals surface area contributed by atoms with Crippen LogP contribution in [0.5, 0.6) is 0 Å². The van der Waals surface area contributed by atoms with Gasteiger partial charge in [-0.1, -0.05) is 24.3 Å². The molecule has 1 aliphatic rings. The molecule has 0 amide bonds. The number of hydrogen-bond donors (Lipinski definition) is 0. The van der Waals surface area contributed by atoms with Crippen LogP contribution in [0.25, 0.3) is 0 Å². The van der Waals surface area contributed by atoms with E-state index in [-0.39, 0.29) is 0 Å². The summed E-state index contributed by atoms with van der Waals surface area (Å²) in [5.41, 5.74) is 2.62. The van der Waals surface area contributed by atoms with Gasteiger partial charge in [-0.05, 0) is 37.0 Å². The number of fused-ring (bicyclic) bond motifs is 1. The van der Waals surface area contributed by atoms with E-state index >= 15 is 0 Å². The smallest absolute Gasteiger partial charge is 0.271 e. The third-order valence-electron chi connectivity index (χ3n) is 2.61. The molecule has 0 spiro atoms. The summed E-state index contributed by atoms with van der Waals surface area (Å²) in [4.78, 5) is 0. The van der Waals surface area contributed by atoms with E-state index in [1.165, 1.54) is 11.1 Å². The molecule has 0 atom stereocenters. The number of rotatable bonds is 0. The summed E-state index contributed by atoms with van der Waals surface area (Å²) in [7, 11) is 0. The largest absolute Gasteiger partial charge is 0.466 e. The topological polar surface area (TPSA) is 18.5 Å². The van der Waals surface area contributed by atoms with Gasteiger partial charge in [0, 0.05) is 0 Å². The Bertz CT molecular complexity index is 344. The summed E-state index contributed by atoms with van der Waals surface area (Å²) in [6.07, 6.45) is 3.32. The van der Waals surface area contributed by atoms with Gasteiger partial charge in [0.15, 0.2) is 0 Å². The van der Waals surface area contributed by atoms with Gasteiger partial charge in [0.1, 0.15) is 6.61 Å². The van der Waals surface area contributed by atoms with E-state index in [0.717, 1.165) is 19.3 Å². The molecule has 0 N–H and O–H groups in total. The van der Waals surface area contributed by atoms with E-state index in [9.17, 15) is 0 Å². The highest BCUT2D eigenvalue weighted by molar-refractivity contribution is 5.26. The molecule has 0 radical (unpaired) electrons. The van der Waals surface area contributed by atoms with Crippen LogP contribution in [0.15, 0.2) is 36.8 Å². The van der Waals surface area contributed by atoms with Crippen LogP contribution >= 0.6 is 0 Å². The summed E-state index contributed by atoms with van der Waals surface area (Å²) in [5, 5.41) is 0. The fourth-order valence-electron chi connectivity index (χ4n) is 1.75. The first kappa shape index (κ1) is 10.1. The maximum Gasteiger partial charge on any atom is 0.271 e. The lowest BCUT2D eigenvalue weighted by atomic mass is 10.0. The first-order valence-corrected chi connectivity index (χ1v) is 5.37. The van der Waals surface area contributed by atoms with Crippen molar-refractivity contribution in [1.82, 2.24) is 0 Å². The summed E-state index contributed by atoms with van der Waals surface area (Å²) in [5.74, 6) is 0.437. The predicted molar refractivity (Wildman–Crippen MR) is 59.3 cm³/mol. The van der Waals surface area contributed by atoms with Crippen LogP contribution in [0, 0.1) is 0 Å². The third kappa shape index (κ3) is 2.75. The zero-order valence-corrected chi connectivity index (χ0v) is 8.87. The van der Waals surface area contributed by atoms with E-state index in [1.807, 2.05) is 6.07 Å². The second-order valence-electron chi connectivity index (χ2n) is 3.73. The van der Waals surface area contributed by atoms with Gasteiger partial charge in [-0.3, -0.25) is 0 Å². The molecule has 0 saturated carbocycles. The normalized spacial score (nSPS) is 17.2. The van der Waals surface area contributed by atoms with E-state index in [4.69, 9.17) is 9.47 Å². The lowest BCUT2D eigenvalue weighted by Gasteiger charge is -2.15. The summed E-state index contributed by atoms with van der Waals surface area (Å²) in [6, 6.07) is 8.39. The van der Waals surface area contributed by atoms with Gasteiger partial charge in [-0.25, -0.2) is 0 Å². The fraction of sp³-hybridized carbons (Fsp3) is 0.385. The average molecular weight is 204 g/mol. The zero-order valence-electron chi connectivity index (χ0n) is 8.87. The Morgan fingerprint density at radius 3 is 2.67 bits per heavy atom. The van der Waals surface area contributed by atoms with Crippen molar-refractivity contribution in [3.8, 4) is 0 Å². The molecule has 2 rings (SSSR count). The molecule has 0 aliphatic carbocycles. The minimum atomic E-state index is 0.437. The van der Waals surface area contributed by atoms with Crippen molar-refractivity contribution in [2.75, 3.05) is 6.61 Å². The van der Waals surface area contributed by atoms with Gasteiger partial charge >= 0.3 is 0 Å². The average Bonchev–Trinajstić information content (AvgIpc) is 2.27. The molecule has 1 aromatic rings. The van der Waals surface area contributed by atoms with E-state index < -0.39 is 0 Å². The zero-order chi connectivity index (χ0) is 10.5. The molecular weight excluding hydrogens is 188 g/mol. The Morgan fingerprint density at radius 1 is 1.00 bits per heavy atom. The lowest BCUT2D eigenvalue weighted by molar-refractivity contribution is 0.0263. The highest BCUT2D eigenvalue weighted by atomic mass is 16.7. The minimum Gasteiger partial charge on any atom is -0.466 e. The molecule has 0 saturated heterocycles. The summed E-state index contributed by atoms with van der Waals surface area (Å²) >= 11 is 0. The van der Waals surface area contributed by atoms with Crippen LogP contribution in [0.3, 0.4) is 0 Å². The van der Waals surface area contributed by atoms with Crippen LogP contribution in [-0.2, 0) is 22.5 Å². The van der Waals surface area contributed by atoms with Crippen molar-refractivity contribution >= 4 is 0 Å². The quantitative estimate of drug-likeness (QED) is 0.646. The van der Waals surface area contributed by atoms with Crippen molar-refractivity contribution in [1.29, 1.82) is 0 Å². The van der Waals surface area contributed by atoms with Crippen LogP contribution < -0.4 is 0 Å². The molecule has 0 aromatic heterocycles. The van der Waals surface area contributed by atoms with Crippen LogP contribution in [0.4, 0.5) is 0 Å². The molecule has 2 nitrogen and oxygen atoms in total. The van der Waals surface area contributed by atoms with Gasteiger partial charge in [-0.15, -0.1) is 0 Å². The van der Waals surface area contributed by atoms with Crippen molar-refractivity contribution in [2.24, 2.45) is 0 Å². The standard InChI is InChI=1S/C13H16O2/c1-11-14-9-5-4-7-12-6-2-3-8-13(12)10-15-11/h2-3,6,8H,1,4-5,7,9-10H2. The molecule has 1 aliphatic heterocycles. The Morgan fingerprint density at radius 2 is 1.80 bits per heavy atom. The second kappa shape index (κ2) is 4.87. The molecule has 15 heavy (non-hydrogen) atoms. The Balaban J connectivity index is 2.15. The summed E-state index contributed by atoms with van der Waals surface area (Å²) in [6.45, 7) is 4.99. The molecular formula is C13H16O2. The number of hydrogen-bond acceptors (Lipinski definition) is 2. The van der Waals surface area contributed by atoms with E-state index in [0.29, 0.717) is 19.2 Å². The van der Waals surface area contributed by atoms with Crippen molar-refractivity contribution in [2.45, 2.75) is 25.9 Å². The van der Waals surface area contributed by atoms with Crippen LogP contribution in [-0.4, -0.2) is 6.61 Å². The van der Waals surface area contributed by atoms with Gasteiger partial charge in [0.25, 0.3) is 5.95 Å². The number of benzene rings is 1. The maximum atomic E-state index is 5.43. The Hall–Kier alpha value is -1.44. The third-order valence-corrected chi connectivity index (χ3v) is 2.61. The predicted octanol–water partition coefficient (Wildman–Crippen LogP) is 3.03. The molecule has 80 valence electrons. The van der Waals surface area contributed by atoms with E-state index in [2.05, 4.69) is 24.8 Å². The van der Waals surface area contributed by atoms with Gasteiger partial charge in [0.2, 0.25) is 0 Å². The number of aryl methyl sites for hydroxylation is 1. The fourth-order valence-corrected chi connectivity index (χ4v) is 1.75. The van der Waals surface area contributed by atoms with Gasteiger partial charge in [-0.2, -0.15) is 0 Å². The van der Waals surface area contributed by atoms with Crippen molar-refractivity contribution < 1.29 is 9.47 Å². The molecule has 1 aromatic carbocycles. The lowest BCUT2D eigenvalue weighted by Crippen LogP contribution is -2.04. The summed E-state index contributed by atoms with van der Waals surface area (Å²) < 4.78 is 10.7. The molecule has 0 bridgehead atoms. The molecule has 0 fully saturated rings.